The van der Waals surface area contributed by atoms with Crippen molar-refractivity contribution >= 4 is 39.2 Å². The van der Waals surface area contributed by atoms with Gasteiger partial charge in [0.25, 0.3) is 0 Å². The molecular weight excluding hydrogens is 314 g/mol. The minimum atomic E-state index is 0.231. The van der Waals surface area contributed by atoms with E-state index in [0.717, 1.165) is 41.2 Å². The van der Waals surface area contributed by atoms with E-state index in [4.69, 9.17) is 0 Å². The second-order valence-electron chi connectivity index (χ2n) is 5.84. The average molecular weight is 335 g/mol. The molecule has 0 N–H and O–H groups in total. The van der Waals surface area contributed by atoms with E-state index in [1.54, 1.807) is 29.4 Å². The maximum Gasteiger partial charge on any atom is 0.232 e. The van der Waals surface area contributed by atoms with Crippen LogP contribution in [0, 0.1) is 5.92 Å². The highest BCUT2D eigenvalue weighted by molar-refractivity contribution is 8.00. The second-order valence-corrected chi connectivity index (χ2v) is 7.92. The summed E-state index contributed by atoms with van der Waals surface area (Å²) in [4.78, 5) is 25.4. The molecule has 118 valence electrons. The zero-order chi connectivity index (χ0) is 15.5. The summed E-state index contributed by atoms with van der Waals surface area (Å²) in [7, 11) is 0. The maximum atomic E-state index is 12.4. The Hall–Kier alpha value is -1.14. The van der Waals surface area contributed by atoms with Crippen molar-refractivity contribution in [3.05, 3.63) is 17.3 Å². The lowest BCUT2D eigenvalue weighted by molar-refractivity contribution is -0.130. The van der Waals surface area contributed by atoms with Gasteiger partial charge in [0, 0.05) is 23.4 Å². The molecule has 1 saturated heterocycles. The lowest BCUT2D eigenvalue weighted by Gasteiger charge is -2.30. The molecule has 2 aromatic rings. The van der Waals surface area contributed by atoms with E-state index in [1.807, 2.05) is 4.90 Å². The Labute approximate surface area is 139 Å². The molecule has 3 heterocycles. The minimum absolute atomic E-state index is 0.231. The summed E-state index contributed by atoms with van der Waals surface area (Å²) in [6.07, 6.45) is 4.97. The molecule has 1 aliphatic rings. The number of piperidine rings is 1. The van der Waals surface area contributed by atoms with Gasteiger partial charge in [-0.1, -0.05) is 25.6 Å². The van der Waals surface area contributed by atoms with E-state index < -0.39 is 0 Å². The van der Waals surface area contributed by atoms with Crippen LogP contribution in [-0.2, 0) is 11.2 Å². The topological polar surface area (TPSA) is 46.1 Å². The van der Waals surface area contributed by atoms with Gasteiger partial charge in [0.2, 0.25) is 5.91 Å². The van der Waals surface area contributed by atoms with Crippen molar-refractivity contribution in [2.24, 2.45) is 5.92 Å². The molecule has 1 unspecified atom stereocenters. The summed E-state index contributed by atoms with van der Waals surface area (Å²) in [6, 6.07) is 2.16. The van der Waals surface area contributed by atoms with Crippen LogP contribution >= 0.6 is 23.1 Å². The normalized spacial score (nSPS) is 18.8. The third kappa shape index (κ3) is 3.43. The highest BCUT2D eigenvalue weighted by atomic mass is 32.2. The van der Waals surface area contributed by atoms with E-state index in [-0.39, 0.29) is 5.91 Å². The first kappa shape index (κ1) is 15.7. The first-order chi connectivity index (χ1) is 10.7. The third-order valence-electron chi connectivity index (χ3n) is 4.03. The van der Waals surface area contributed by atoms with Crippen molar-refractivity contribution in [3.8, 4) is 0 Å². The Morgan fingerprint density at radius 1 is 1.50 bits per heavy atom. The number of aromatic nitrogens is 2. The van der Waals surface area contributed by atoms with Gasteiger partial charge in [0.1, 0.15) is 16.2 Å². The van der Waals surface area contributed by atoms with Crippen molar-refractivity contribution in [2.45, 2.75) is 38.1 Å². The standard InChI is InChI=1S/C16H21N3OS2/c1-3-12-7-13-15(17-10-18-16(13)22-12)21-9-14(20)19-6-4-5-11(2)8-19/h7,10-11H,3-6,8-9H2,1-2H3. The molecular formula is C16H21N3OS2. The zero-order valence-corrected chi connectivity index (χ0v) is 14.7. The fourth-order valence-corrected chi connectivity index (χ4v) is 4.69. The fourth-order valence-electron chi connectivity index (χ4n) is 2.81. The molecule has 3 rings (SSSR count). The molecule has 0 spiro atoms. The lowest BCUT2D eigenvalue weighted by atomic mass is 10.0. The smallest absolute Gasteiger partial charge is 0.232 e. The van der Waals surface area contributed by atoms with Crippen molar-refractivity contribution in [1.29, 1.82) is 0 Å². The van der Waals surface area contributed by atoms with Gasteiger partial charge in [-0.3, -0.25) is 4.79 Å². The minimum Gasteiger partial charge on any atom is -0.342 e. The van der Waals surface area contributed by atoms with Crippen LogP contribution in [0.3, 0.4) is 0 Å². The number of thioether (sulfide) groups is 1. The van der Waals surface area contributed by atoms with Gasteiger partial charge in [-0.25, -0.2) is 9.97 Å². The van der Waals surface area contributed by atoms with Crippen LogP contribution < -0.4 is 0 Å². The summed E-state index contributed by atoms with van der Waals surface area (Å²) in [5, 5.41) is 2.02. The van der Waals surface area contributed by atoms with Gasteiger partial charge in [0.15, 0.2) is 0 Å². The monoisotopic (exact) mass is 335 g/mol. The molecule has 1 amide bonds. The second kappa shape index (κ2) is 6.96. The van der Waals surface area contributed by atoms with Crippen molar-refractivity contribution in [2.75, 3.05) is 18.8 Å². The molecule has 6 heteroatoms. The van der Waals surface area contributed by atoms with Crippen molar-refractivity contribution in [1.82, 2.24) is 14.9 Å². The Morgan fingerprint density at radius 2 is 2.36 bits per heavy atom. The number of hydrogen-bond donors (Lipinski definition) is 0. The number of likely N-dealkylation sites (tertiary alicyclic amines) is 1. The van der Waals surface area contributed by atoms with Crippen LogP contribution in [0.25, 0.3) is 10.2 Å². The van der Waals surface area contributed by atoms with Crippen LogP contribution in [0.2, 0.25) is 0 Å². The van der Waals surface area contributed by atoms with Crippen molar-refractivity contribution < 1.29 is 4.79 Å². The predicted octanol–water partition coefficient (Wildman–Crippen LogP) is 3.60. The summed E-state index contributed by atoms with van der Waals surface area (Å²) >= 11 is 3.26. The molecule has 22 heavy (non-hydrogen) atoms. The quantitative estimate of drug-likeness (QED) is 0.632. The number of carbonyl (C=O) groups excluding carboxylic acids is 1. The first-order valence-corrected chi connectivity index (χ1v) is 9.61. The van der Waals surface area contributed by atoms with Gasteiger partial charge in [-0.05, 0) is 31.2 Å². The number of amides is 1. The number of carbonyl (C=O) groups is 1. The summed E-state index contributed by atoms with van der Waals surface area (Å²) < 4.78 is 0. The van der Waals surface area contributed by atoms with Crippen molar-refractivity contribution in [3.63, 3.8) is 0 Å². The number of hydrogen-bond acceptors (Lipinski definition) is 5. The van der Waals surface area contributed by atoms with Crippen LogP contribution in [-0.4, -0.2) is 39.6 Å². The maximum absolute atomic E-state index is 12.4. The van der Waals surface area contributed by atoms with Gasteiger partial charge in [-0.15, -0.1) is 11.3 Å². The van der Waals surface area contributed by atoms with E-state index in [0.29, 0.717) is 11.7 Å². The fraction of sp³-hybridized carbons (Fsp3) is 0.562. The molecule has 0 aliphatic carbocycles. The van der Waals surface area contributed by atoms with Crippen LogP contribution in [0.1, 0.15) is 31.6 Å². The number of rotatable bonds is 4. The Kier molecular flexibility index (Phi) is 4.98. The van der Waals surface area contributed by atoms with Gasteiger partial charge >= 0.3 is 0 Å². The molecule has 1 atom stereocenters. The van der Waals surface area contributed by atoms with Crippen LogP contribution in [0.15, 0.2) is 17.4 Å². The largest absolute Gasteiger partial charge is 0.342 e. The Bertz CT molecular complexity index is 670. The molecule has 0 radical (unpaired) electrons. The summed E-state index contributed by atoms with van der Waals surface area (Å²) in [6.45, 7) is 6.17. The Morgan fingerprint density at radius 3 is 3.14 bits per heavy atom. The molecule has 1 aliphatic heterocycles. The number of nitrogens with zero attached hydrogens (tertiary/aromatic N) is 3. The SMILES string of the molecule is CCc1cc2c(SCC(=O)N3CCCC(C)C3)ncnc2s1. The highest BCUT2D eigenvalue weighted by Crippen LogP contribution is 2.31. The van der Waals surface area contributed by atoms with Gasteiger partial charge in [-0.2, -0.15) is 0 Å². The van der Waals surface area contributed by atoms with E-state index in [1.165, 1.54) is 11.3 Å². The van der Waals surface area contributed by atoms with E-state index in [9.17, 15) is 4.79 Å². The van der Waals surface area contributed by atoms with E-state index in [2.05, 4.69) is 29.9 Å². The molecule has 0 saturated carbocycles. The molecule has 0 aromatic carbocycles. The molecule has 2 aromatic heterocycles. The predicted molar refractivity (Wildman–Crippen MR) is 92.5 cm³/mol. The van der Waals surface area contributed by atoms with E-state index >= 15 is 0 Å². The Balaban J connectivity index is 1.68. The summed E-state index contributed by atoms with van der Waals surface area (Å²) in [5.41, 5.74) is 0. The zero-order valence-electron chi connectivity index (χ0n) is 13.0. The first-order valence-electron chi connectivity index (χ1n) is 7.81. The number of thiophene rings is 1. The molecule has 1 fully saturated rings. The lowest BCUT2D eigenvalue weighted by Crippen LogP contribution is -2.40. The molecule has 0 bridgehead atoms. The number of fused-ring (bicyclic) bond motifs is 1. The van der Waals surface area contributed by atoms with Gasteiger partial charge < -0.3 is 4.90 Å². The van der Waals surface area contributed by atoms with Crippen LogP contribution in [0.5, 0.6) is 0 Å². The highest BCUT2D eigenvalue weighted by Gasteiger charge is 2.21. The number of aryl methyl sites for hydroxylation is 1. The average Bonchev–Trinajstić information content (AvgIpc) is 2.96. The van der Waals surface area contributed by atoms with Gasteiger partial charge in [0.05, 0.1) is 5.75 Å². The molecule has 4 nitrogen and oxygen atoms in total. The van der Waals surface area contributed by atoms with Crippen LogP contribution in [0.4, 0.5) is 0 Å². The third-order valence-corrected chi connectivity index (χ3v) is 6.21. The summed E-state index contributed by atoms with van der Waals surface area (Å²) in [5.74, 6) is 1.32.